The number of hydrogen-bond acceptors (Lipinski definition) is 4. The molecule has 0 saturated carbocycles. The molecule has 10 heteroatoms. The van der Waals surface area contributed by atoms with Crippen LogP contribution in [0.3, 0.4) is 0 Å². The van der Waals surface area contributed by atoms with Gasteiger partial charge in [0.1, 0.15) is 11.3 Å². The van der Waals surface area contributed by atoms with Gasteiger partial charge in [-0.05, 0) is 23.1 Å². The minimum Gasteiger partial charge on any atom is -0.477 e. The molecule has 3 heterocycles. The van der Waals surface area contributed by atoms with Gasteiger partial charge in [-0.15, -0.1) is 13.2 Å². The van der Waals surface area contributed by atoms with Crippen molar-refractivity contribution < 1.29 is 27.8 Å². The summed E-state index contributed by atoms with van der Waals surface area (Å²) in [4.78, 5) is 24.1. The highest BCUT2D eigenvalue weighted by atomic mass is 19.4. The number of hydrogen-bond donors (Lipinski definition) is 1. The molecule has 0 saturated heterocycles. The quantitative estimate of drug-likeness (QED) is 0.635. The van der Waals surface area contributed by atoms with Crippen LogP contribution in [0.2, 0.25) is 0 Å². The number of nitrogens with zero attached hydrogens (tertiary/aromatic N) is 3. The maximum Gasteiger partial charge on any atom is 0.573 e. The van der Waals surface area contributed by atoms with E-state index in [1.54, 1.807) is 15.3 Å². The van der Waals surface area contributed by atoms with Crippen molar-refractivity contribution in [2.75, 3.05) is 0 Å². The highest BCUT2D eigenvalue weighted by Gasteiger charge is 2.36. The van der Waals surface area contributed by atoms with Crippen LogP contribution in [0, 0.1) is 5.41 Å². The summed E-state index contributed by atoms with van der Waals surface area (Å²) in [6, 6.07) is 6.52. The Bertz CT molecular complexity index is 1270. The Kier molecular flexibility index (Phi) is 4.91. The molecular formula is C22H20F3N3O4. The summed E-state index contributed by atoms with van der Waals surface area (Å²) in [6.07, 6.45) is -1.98. The van der Waals surface area contributed by atoms with E-state index in [0.29, 0.717) is 29.1 Å². The van der Waals surface area contributed by atoms with Gasteiger partial charge >= 0.3 is 12.3 Å². The zero-order chi connectivity index (χ0) is 23.4. The van der Waals surface area contributed by atoms with E-state index in [-0.39, 0.29) is 22.8 Å². The standard InChI is InChI=1S/C22H20F3N3O4/c1-21(2,3)18-11-28-19(16-8-17(29)15(20(30)31)10-27(16)18)14(9-26-28)12-5-4-6-13(7-12)32-22(23,24)25/h4-10,18H,11H2,1-3H3,(H,30,31)/t18-/m0/s1. The first-order chi connectivity index (χ1) is 14.8. The molecule has 0 fully saturated rings. The monoisotopic (exact) mass is 447 g/mol. The van der Waals surface area contributed by atoms with Crippen LogP contribution in [-0.4, -0.2) is 31.8 Å². The summed E-state index contributed by atoms with van der Waals surface area (Å²) in [5.74, 6) is -1.70. The Morgan fingerprint density at radius 1 is 1.22 bits per heavy atom. The fourth-order valence-corrected chi connectivity index (χ4v) is 3.97. The number of ether oxygens (including phenoxy) is 1. The zero-order valence-corrected chi connectivity index (χ0v) is 17.5. The smallest absolute Gasteiger partial charge is 0.477 e. The molecule has 0 bridgehead atoms. The first kappa shape index (κ1) is 21.7. The van der Waals surface area contributed by atoms with Crippen molar-refractivity contribution >= 4 is 5.97 Å². The highest BCUT2D eigenvalue weighted by molar-refractivity contribution is 5.88. The Morgan fingerprint density at radius 2 is 1.94 bits per heavy atom. The summed E-state index contributed by atoms with van der Waals surface area (Å²) < 4.78 is 45.5. The van der Waals surface area contributed by atoms with Gasteiger partial charge in [0, 0.05) is 17.8 Å². The average molecular weight is 447 g/mol. The van der Waals surface area contributed by atoms with Crippen LogP contribution in [0.15, 0.2) is 47.5 Å². The molecule has 1 aliphatic heterocycles. The summed E-state index contributed by atoms with van der Waals surface area (Å²) in [6.45, 7) is 6.38. The van der Waals surface area contributed by atoms with Gasteiger partial charge in [0.15, 0.2) is 5.43 Å². The molecule has 4 rings (SSSR count). The molecule has 1 aliphatic rings. The van der Waals surface area contributed by atoms with Gasteiger partial charge < -0.3 is 14.4 Å². The van der Waals surface area contributed by atoms with Gasteiger partial charge in [-0.25, -0.2) is 4.79 Å². The van der Waals surface area contributed by atoms with E-state index >= 15 is 0 Å². The average Bonchev–Trinajstić information content (AvgIpc) is 3.09. The maximum absolute atomic E-state index is 12.7. The first-order valence-electron chi connectivity index (χ1n) is 9.77. The molecule has 32 heavy (non-hydrogen) atoms. The maximum atomic E-state index is 12.7. The second kappa shape index (κ2) is 7.25. The molecule has 0 spiro atoms. The van der Waals surface area contributed by atoms with Crippen molar-refractivity contribution in [1.29, 1.82) is 0 Å². The number of fused-ring (bicyclic) bond motifs is 3. The zero-order valence-electron chi connectivity index (χ0n) is 17.5. The van der Waals surface area contributed by atoms with Crippen LogP contribution in [0.4, 0.5) is 13.2 Å². The van der Waals surface area contributed by atoms with Crippen LogP contribution >= 0.6 is 0 Å². The number of carbonyl (C=O) groups is 1. The van der Waals surface area contributed by atoms with Crippen LogP contribution in [0.1, 0.15) is 37.2 Å². The molecule has 0 aliphatic carbocycles. The third-order valence-electron chi connectivity index (χ3n) is 5.45. The van der Waals surface area contributed by atoms with Crippen molar-refractivity contribution in [2.24, 2.45) is 5.41 Å². The van der Waals surface area contributed by atoms with Crippen molar-refractivity contribution in [3.8, 4) is 28.3 Å². The predicted molar refractivity (Wildman–Crippen MR) is 109 cm³/mol. The Labute approximate surface area is 180 Å². The molecule has 3 aromatic rings. The number of carboxylic acid groups (broad SMARTS) is 1. The van der Waals surface area contributed by atoms with E-state index < -0.39 is 17.8 Å². The first-order valence-corrected chi connectivity index (χ1v) is 9.77. The van der Waals surface area contributed by atoms with E-state index in [0.717, 1.165) is 0 Å². The van der Waals surface area contributed by atoms with Crippen LogP contribution in [0.25, 0.3) is 22.5 Å². The molecule has 2 aromatic heterocycles. The van der Waals surface area contributed by atoms with E-state index in [4.69, 9.17) is 0 Å². The van der Waals surface area contributed by atoms with Crippen molar-refractivity contribution in [3.05, 3.63) is 58.5 Å². The topological polar surface area (TPSA) is 86.3 Å². The van der Waals surface area contributed by atoms with Crippen molar-refractivity contribution in [2.45, 2.75) is 39.7 Å². The summed E-state index contributed by atoms with van der Waals surface area (Å²) >= 11 is 0. The third kappa shape index (κ3) is 3.88. The number of halogens is 3. The molecule has 168 valence electrons. The molecule has 1 atom stereocenters. The lowest BCUT2D eigenvalue weighted by Gasteiger charge is -2.38. The highest BCUT2D eigenvalue weighted by Crippen LogP contribution is 2.43. The number of rotatable bonds is 3. The van der Waals surface area contributed by atoms with Crippen LogP contribution in [-0.2, 0) is 6.54 Å². The van der Waals surface area contributed by atoms with E-state index in [9.17, 15) is 27.9 Å². The molecule has 7 nitrogen and oxygen atoms in total. The van der Waals surface area contributed by atoms with Gasteiger partial charge in [-0.2, -0.15) is 5.10 Å². The van der Waals surface area contributed by atoms with Gasteiger partial charge in [-0.3, -0.25) is 9.48 Å². The SMILES string of the molecule is CC(C)(C)[C@@H]1Cn2ncc(-c3cccc(OC(F)(F)F)c3)c2-c2cc(=O)c(C(=O)O)cn21. The Morgan fingerprint density at radius 3 is 2.56 bits per heavy atom. The molecule has 1 aromatic carbocycles. The second-order valence-electron chi connectivity index (χ2n) is 8.70. The lowest BCUT2D eigenvalue weighted by molar-refractivity contribution is -0.274. The predicted octanol–water partition coefficient (Wildman–Crippen LogP) is 4.58. The molecule has 0 amide bonds. The van der Waals surface area contributed by atoms with E-state index in [2.05, 4.69) is 9.84 Å². The fraction of sp³-hybridized carbons (Fsp3) is 0.318. The largest absolute Gasteiger partial charge is 0.573 e. The lowest BCUT2D eigenvalue weighted by Crippen LogP contribution is -2.35. The molecule has 0 unspecified atom stereocenters. The fourth-order valence-electron chi connectivity index (χ4n) is 3.97. The van der Waals surface area contributed by atoms with Crippen LogP contribution in [0.5, 0.6) is 5.75 Å². The minimum absolute atomic E-state index is 0.212. The van der Waals surface area contributed by atoms with Crippen molar-refractivity contribution in [1.82, 2.24) is 14.3 Å². The van der Waals surface area contributed by atoms with Crippen molar-refractivity contribution in [3.63, 3.8) is 0 Å². The summed E-state index contributed by atoms with van der Waals surface area (Å²) in [7, 11) is 0. The van der Waals surface area contributed by atoms with Gasteiger partial charge in [0.25, 0.3) is 0 Å². The number of carboxylic acids is 1. The summed E-state index contributed by atoms with van der Waals surface area (Å²) in [5.41, 5.74) is 0.572. The van der Waals surface area contributed by atoms with Crippen LogP contribution < -0.4 is 10.2 Å². The lowest BCUT2D eigenvalue weighted by atomic mass is 9.84. The number of pyridine rings is 1. The Hall–Kier alpha value is -3.56. The third-order valence-corrected chi connectivity index (χ3v) is 5.45. The number of benzene rings is 1. The van der Waals surface area contributed by atoms with E-state index in [1.807, 2.05) is 20.8 Å². The molecule has 1 N–H and O–H groups in total. The normalized spacial score (nSPS) is 15.8. The van der Waals surface area contributed by atoms with E-state index in [1.165, 1.54) is 36.7 Å². The summed E-state index contributed by atoms with van der Waals surface area (Å²) in [5, 5.41) is 13.8. The number of aromatic nitrogens is 3. The number of aromatic carboxylic acids is 1. The minimum atomic E-state index is -4.83. The van der Waals surface area contributed by atoms with Gasteiger partial charge in [-0.1, -0.05) is 32.9 Å². The number of alkyl halides is 3. The molecule has 0 radical (unpaired) electrons. The van der Waals surface area contributed by atoms with Gasteiger partial charge in [0.2, 0.25) is 0 Å². The second-order valence-corrected chi connectivity index (χ2v) is 8.70. The Balaban J connectivity index is 1.92. The van der Waals surface area contributed by atoms with Gasteiger partial charge in [0.05, 0.1) is 30.2 Å². The molecular weight excluding hydrogens is 427 g/mol.